The van der Waals surface area contributed by atoms with Gasteiger partial charge in [-0.2, -0.15) is 0 Å². The minimum absolute atomic E-state index is 0.246. The van der Waals surface area contributed by atoms with E-state index in [0.717, 1.165) is 30.0 Å². The summed E-state index contributed by atoms with van der Waals surface area (Å²) in [4.78, 5) is 17.8. The van der Waals surface area contributed by atoms with Crippen molar-refractivity contribution in [3.63, 3.8) is 0 Å². The largest absolute Gasteiger partial charge is 0.445 e. The summed E-state index contributed by atoms with van der Waals surface area (Å²) >= 11 is 3.02. The van der Waals surface area contributed by atoms with Crippen LogP contribution in [0.15, 0.2) is 21.6 Å². The van der Waals surface area contributed by atoms with Gasteiger partial charge in [0, 0.05) is 4.88 Å². The van der Waals surface area contributed by atoms with Crippen molar-refractivity contribution in [2.75, 3.05) is 11.6 Å². The zero-order valence-corrected chi connectivity index (χ0v) is 13.5. The summed E-state index contributed by atoms with van der Waals surface area (Å²) in [7, 11) is 0. The van der Waals surface area contributed by atoms with E-state index in [1.165, 1.54) is 16.6 Å². The topological polar surface area (TPSA) is 55.1 Å². The van der Waals surface area contributed by atoms with Gasteiger partial charge in [-0.05, 0) is 31.2 Å². The number of furan rings is 1. The molecule has 4 nitrogen and oxygen atoms in total. The summed E-state index contributed by atoms with van der Waals surface area (Å²) in [5.41, 5.74) is 1.10. The number of carbonyl (C=O) groups is 1. The minimum Gasteiger partial charge on any atom is -0.445 e. The van der Waals surface area contributed by atoms with E-state index in [0.29, 0.717) is 10.9 Å². The molecule has 0 saturated carbocycles. The molecule has 2 aromatic heterocycles. The highest BCUT2D eigenvalue weighted by Gasteiger charge is 2.15. The number of hydrogen-bond acceptors (Lipinski definition) is 5. The molecule has 1 amide bonds. The molecule has 2 aromatic rings. The molecule has 0 atom stereocenters. The molecule has 0 fully saturated rings. The Morgan fingerprint density at radius 1 is 1.45 bits per heavy atom. The van der Waals surface area contributed by atoms with E-state index in [1.54, 1.807) is 23.5 Å². The molecular formula is C14H18N2O2S2. The summed E-state index contributed by atoms with van der Waals surface area (Å²) in [6, 6.07) is 3.48. The lowest BCUT2D eigenvalue weighted by atomic mass is 10.2. The van der Waals surface area contributed by atoms with E-state index in [9.17, 15) is 4.79 Å². The quantitative estimate of drug-likeness (QED) is 0.811. The summed E-state index contributed by atoms with van der Waals surface area (Å²) in [5, 5.41) is 4.20. The normalized spacial score (nSPS) is 10.8. The SMILES string of the molecule is CCCc1nc(NC(=O)c2ccc(SC)o2)sc1CC. The van der Waals surface area contributed by atoms with E-state index in [2.05, 4.69) is 24.1 Å². The van der Waals surface area contributed by atoms with Crippen LogP contribution in [0, 0.1) is 0 Å². The number of rotatable bonds is 6. The zero-order chi connectivity index (χ0) is 14.5. The number of nitrogens with one attached hydrogen (secondary N) is 1. The van der Waals surface area contributed by atoms with Crippen LogP contribution in [0.25, 0.3) is 0 Å². The fraction of sp³-hybridized carbons (Fsp3) is 0.429. The summed E-state index contributed by atoms with van der Waals surface area (Å²) in [5.74, 6) is 0.0735. The van der Waals surface area contributed by atoms with Gasteiger partial charge < -0.3 is 4.42 Å². The maximum Gasteiger partial charge on any atom is 0.293 e. The van der Waals surface area contributed by atoms with Gasteiger partial charge in [-0.25, -0.2) is 4.98 Å². The van der Waals surface area contributed by atoms with Crippen LogP contribution >= 0.6 is 23.1 Å². The molecule has 108 valence electrons. The van der Waals surface area contributed by atoms with Crippen molar-refractivity contribution in [2.24, 2.45) is 0 Å². The highest BCUT2D eigenvalue weighted by molar-refractivity contribution is 7.98. The van der Waals surface area contributed by atoms with Gasteiger partial charge in [0.25, 0.3) is 5.91 Å². The predicted molar refractivity (Wildman–Crippen MR) is 83.9 cm³/mol. The van der Waals surface area contributed by atoms with Crippen molar-refractivity contribution in [3.8, 4) is 0 Å². The molecule has 2 heterocycles. The van der Waals surface area contributed by atoms with E-state index in [4.69, 9.17) is 4.42 Å². The zero-order valence-electron chi connectivity index (χ0n) is 11.9. The van der Waals surface area contributed by atoms with Crippen LogP contribution in [0.1, 0.15) is 41.4 Å². The van der Waals surface area contributed by atoms with Crippen molar-refractivity contribution in [1.29, 1.82) is 0 Å². The monoisotopic (exact) mass is 310 g/mol. The number of thiazole rings is 1. The molecule has 0 aliphatic carbocycles. The van der Waals surface area contributed by atoms with Crippen molar-refractivity contribution in [1.82, 2.24) is 4.98 Å². The van der Waals surface area contributed by atoms with Crippen LogP contribution in [-0.2, 0) is 12.8 Å². The minimum atomic E-state index is -0.246. The van der Waals surface area contributed by atoms with Gasteiger partial charge in [0.05, 0.1) is 5.69 Å². The second-order valence-electron chi connectivity index (χ2n) is 4.27. The molecule has 2 rings (SSSR count). The van der Waals surface area contributed by atoms with Gasteiger partial charge in [-0.1, -0.05) is 32.0 Å². The highest BCUT2D eigenvalue weighted by Crippen LogP contribution is 2.26. The second kappa shape index (κ2) is 6.95. The fourth-order valence-electron chi connectivity index (χ4n) is 1.86. The maximum absolute atomic E-state index is 12.1. The average Bonchev–Trinajstić information content (AvgIpc) is 3.05. The molecule has 0 unspecified atom stereocenters. The third-order valence-electron chi connectivity index (χ3n) is 2.81. The number of anilines is 1. The van der Waals surface area contributed by atoms with Crippen LogP contribution in [0.2, 0.25) is 0 Å². The molecular weight excluding hydrogens is 292 g/mol. The first-order chi connectivity index (χ1) is 9.67. The van der Waals surface area contributed by atoms with Gasteiger partial charge in [-0.3, -0.25) is 10.1 Å². The molecule has 1 N–H and O–H groups in total. The number of thioether (sulfide) groups is 1. The van der Waals surface area contributed by atoms with E-state index in [1.807, 2.05) is 6.26 Å². The molecule has 0 radical (unpaired) electrons. The summed E-state index contributed by atoms with van der Waals surface area (Å²) in [6.45, 7) is 4.24. The average molecular weight is 310 g/mol. The third-order valence-corrected chi connectivity index (χ3v) is 4.59. The number of amides is 1. The maximum atomic E-state index is 12.1. The van der Waals surface area contributed by atoms with Crippen molar-refractivity contribution >= 4 is 34.1 Å². The van der Waals surface area contributed by atoms with Gasteiger partial charge in [0.15, 0.2) is 16.0 Å². The van der Waals surface area contributed by atoms with Gasteiger partial charge in [-0.15, -0.1) is 11.3 Å². The predicted octanol–water partition coefficient (Wildman–Crippen LogP) is 4.23. The highest BCUT2D eigenvalue weighted by atomic mass is 32.2. The first-order valence-electron chi connectivity index (χ1n) is 6.61. The standard InChI is InChI=1S/C14H18N2O2S2/c1-4-6-9-11(5-2)20-14(15-9)16-13(17)10-7-8-12(18-10)19-3/h7-8H,4-6H2,1-3H3,(H,15,16,17). The number of aryl methyl sites for hydroxylation is 2. The van der Waals surface area contributed by atoms with Crippen molar-refractivity contribution < 1.29 is 9.21 Å². The molecule has 0 saturated heterocycles. The smallest absolute Gasteiger partial charge is 0.293 e. The van der Waals surface area contributed by atoms with Gasteiger partial charge in [0.1, 0.15) is 0 Å². The first-order valence-corrected chi connectivity index (χ1v) is 8.65. The number of carbonyl (C=O) groups excluding carboxylic acids is 1. The molecule has 0 aromatic carbocycles. The number of hydrogen-bond donors (Lipinski definition) is 1. The Morgan fingerprint density at radius 3 is 2.85 bits per heavy atom. The number of aromatic nitrogens is 1. The Morgan fingerprint density at radius 2 is 2.25 bits per heavy atom. The Kier molecular flexibility index (Phi) is 5.25. The molecule has 0 aliphatic rings. The molecule has 20 heavy (non-hydrogen) atoms. The van der Waals surface area contributed by atoms with Crippen molar-refractivity contribution in [3.05, 3.63) is 28.5 Å². The van der Waals surface area contributed by atoms with Gasteiger partial charge >= 0.3 is 0 Å². The Labute approximate surface area is 127 Å². The second-order valence-corrected chi connectivity index (χ2v) is 6.16. The Hall–Kier alpha value is -1.27. The number of nitrogens with zero attached hydrogens (tertiary/aromatic N) is 1. The van der Waals surface area contributed by atoms with Crippen LogP contribution in [-0.4, -0.2) is 17.1 Å². The summed E-state index contributed by atoms with van der Waals surface area (Å²) in [6.07, 6.45) is 4.86. The van der Waals surface area contributed by atoms with Crippen molar-refractivity contribution in [2.45, 2.75) is 38.2 Å². The lowest BCUT2D eigenvalue weighted by Gasteiger charge is -1.97. The summed E-state index contributed by atoms with van der Waals surface area (Å²) < 4.78 is 5.41. The lowest BCUT2D eigenvalue weighted by molar-refractivity contribution is 0.0992. The Bertz CT molecular complexity index is 590. The molecule has 0 aliphatic heterocycles. The Balaban J connectivity index is 2.11. The van der Waals surface area contributed by atoms with E-state index >= 15 is 0 Å². The van der Waals surface area contributed by atoms with E-state index < -0.39 is 0 Å². The molecule has 0 bridgehead atoms. The third kappa shape index (κ3) is 3.43. The lowest BCUT2D eigenvalue weighted by Crippen LogP contribution is -2.10. The fourth-order valence-corrected chi connectivity index (χ4v) is 3.18. The first kappa shape index (κ1) is 15.1. The van der Waals surface area contributed by atoms with Crippen LogP contribution in [0.3, 0.4) is 0 Å². The molecule has 6 heteroatoms. The van der Waals surface area contributed by atoms with Crippen LogP contribution < -0.4 is 5.32 Å². The van der Waals surface area contributed by atoms with Crippen LogP contribution in [0.5, 0.6) is 0 Å². The molecule has 0 spiro atoms. The van der Waals surface area contributed by atoms with Crippen LogP contribution in [0.4, 0.5) is 5.13 Å². The van der Waals surface area contributed by atoms with E-state index in [-0.39, 0.29) is 5.91 Å². The van der Waals surface area contributed by atoms with Gasteiger partial charge in [0.2, 0.25) is 0 Å².